The summed E-state index contributed by atoms with van der Waals surface area (Å²) in [7, 11) is 0. The number of carbonyl (C=O) groups is 3. The normalized spacial score (nSPS) is 12.4. The molecule has 0 saturated heterocycles. The summed E-state index contributed by atoms with van der Waals surface area (Å²) in [6, 6.07) is 23.3. The highest BCUT2D eigenvalue weighted by atomic mass is 16.2. The Morgan fingerprint density at radius 2 is 1.58 bits per heavy atom. The van der Waals surface area contributed by atoms with Crippen LogP contribution in [0.15, 0.2) is 72.8 Å². The monoisotopic (exact) mass is 409 g/mol. The molecule has 31 heavy (non-hydrogen) atoms. The van der Waals surface area contributed by atoms with E-state index in [-0.39, 0.29) is 29.8 Å². The number of nitrogens with zero attached hydrogens (tertiary/aromatic N) is 2. The average Bonchev–Trinajstić information content (AvgIpc) is 3.03. The summed E-state index contributed by atoms with van der Waals surface area (Å²) in [6.07, 6.45) is 0.872. The summed E-state index contributed by atoms with van der Waals surface area (Å²) in [5.74, 6) is -1.10. The Morgan fingerprint density at radius 1 is 0.871 bits per heavy atom. The molecule has 1 N–H and O–H groups in total. The Hall–Kier alpha value is -4.24. The average molecular weight is 409 g/mol. The molecule has 6 heteroatoms. The second kappa shape index (κ2) is 8.64. The fourth-order valence-corrected chi connectivity index (χ4v) is 3.52. The molecular formula is C25H19N3O3. The Labute approximate surface area is 179 Å². The quantitative estimate of drug-likeness (QED) is 0.626. The van der Waals surface area contributed by atoms with E-state index >= 15 is 0 Å². The van der Waals surface area contributed by atoms with E-state index in [0.717, 1.165) is 11.1 Å². The molecule has 152 valence electrons. The second-order valence-corrected chi connectivity index (χ2v) is 7.24. The topological polar surface area (TPSA) is 90.3 Å². The molecule has 1 aliphatic heterocycles. The van der Waals surface area contributed by atoms with Crippen molar-refractivity contribution in [2.45, 2.75) is 12.8 Å². The Balaban J connectivity index is 1.47. The number of nitrogens with one attached hydrogen (secondary N) is 1. The zero-order chi connectivity index (χ0) is 21.8. The first-order valence-corrected chi connectivity index (χ1v) is 9.88. The van der Waals surface area contributed by atoms with Crippen molar-refractivity contribution in [3.8, 4) is 6.07 Å². The van der Waals surface area contributed by atoms with Gasteiger partial charge in [0, 0.05) is 17.8 Å². The van der Waals surface area contributed by atoms with E-state index in [2.05, 4.69) is 11.4 Å². The number of anilines is 1. The summed E-state index contributed by atoms with van der Waals surface area (Å²) in [6.45, 7) is 0.285. The molecule has 1 aliphatic rings. The molecule has 0 bridgehead atoms. The van der Waals surface area contributed by atoms with E-state index in [1.165, 1.54) is 17.0 Å². The number of imide groups is 1. The van der Waals surface area contributed by atoms with Crippen molar-refractivity contribution in [2.24, 2.45) is 0 Å². The van der Waals surface area contributed by atoms with Crippen LogP contribution in [0.25, 0.3) is 0 Å². The highest BCUT2D eigenvalue weighted by Gasteiger charge is 2.35. The van der Waals surface area contributed by atoms with Crippen LogP contribution in [0, 0.1) is 11.3 Å². The van der Waals surface area contributed by atoms with Gasteiger partial charge in [-0.25, -0.2) is 0 Å². The molecule has 1 heterocycles. The predicted molar refractivity (Wildman–Crippen MR) is 116 cm³/mol. The molecule has 0 saturated carbocycles. The van der Waals surface area contributed by atoms with Crippen LogP contribution < -0.4 is 5.32 Å². The van der Waals surface area contributed by atoms with Gasteiger partial charge in [0.15, 0.2) is 0 Å². The van der Waals surface area contributed by atoms with E-state index in [9.17, 15) is 14.4 Å². The lowest BCUT2D eigenvalue weighted by molar-refractivity contribution is 0.0656. The summed E-state index contributed by atoms with van der Waals surface area (Å²) in [5.41, 5.74) is 3.34. The molecule has 0 aromatic heterocycles. The van der Waals surface area contributed by atoms with Crippen molar-refractivity contribution in [3.05, 3.63) is 101 Å². The molecule has 0 aliphatic carbocycles. The van der Waals surface area contributed by atoms with E-state index < -0.39 is 0 Å². The minimum absolute atomic E-state index is 0.245. The Kier molecular flexibility index (Phi) is 5.59. The number of benzene rings is 3. The van der Waals surface area contributed by atoms with Crippen LogP contribution in [0.2, 0.25) is 0 Å². The van der Waals surface area contributed by atoms with Crippen molar-refractivity contribution in [1.82, 2.24) is 4.90 Å². The van der Waals surface area contributed by atoms with Gasteiger partial charge in [0.05, 0.1) is 23.6 Å². The van der Waals surface area contributed by atoms with Crippen LogP contribution in [0.3, 0.4) is 0 Å². The lowest BCUT2D eigenvalue weighted by Crippen LogP contribution is -2.31. The van der Waals surface area contributed by atoms with Gasteiger partial charge < -0.3 is 5.32 Å². The third-order valence-electron chi connectivity index (χ3n) is 5.19. The molecule has 0 fully saturated rings. The van der Waals surface area contributed by atoms with Gasteiger partial charge in [-0.2, -0.15) is 5.26 Å². The third kappa shape index (κ3) is 4.21. The number of hydrogen-bond donors (Lipinski definition) is 1. The van der Waals surface area contributed by atoms with Crippen molar-refractivity contribution in [1.29, 1.82) is 5.26 Å². The first kappa shape index (κ1) is 20.0. The number of nitriles is 1. The fraction of sp³-hybridized carbons (Fsp3) is 0.120. The smallest absolute Gasteiger partial charge is 0.261 e. The van der Waals surface area contributed by atoms with Crippen LogP contribution in [0.4, 0.5) is 5.69 Å². The molecule has 6 nitrogen and oxygen atoms in total. The molecule has 0 radical (unpaired) electrons. The zero-order valence-electron chi connectivity index (χ0n) is 16.7. The van der Waals surface area contributed by atoms with Crippen molar-refractivity contribution >= 4 is 23.4 Å². The van der Waals surface area contributed by atoms with Crippen LogP contribution in [0.5, 0.6) is 0 Å². The summed E-state index contributed by atoms with van der Waals surface area (Å²) in [5, 5.41) is 11.5. The molecule has 3 aromatic rings. The van der Waals surface area contributed by atoms with Gasteiger partial charge in [-0.15, -0.1) is 0 Å². The summed E-state index contributed by atoms with van der Waals surface area (Å²) >= 11 is 0. The van der Waals surface area contributed by atoms with Gasteiger partial charge in [0.25, 0.3) is 17.7 Å². The Bertz CT molecular complexity index is 1190. The van der Waals surface area contributed by atoms with Gasteiger partial charge in [-0.1, -0.05) is 42.5 Å². The molecule has 0 unspecified atom stereocenters. The molecule has 0 spiro atoms. The van der Waals surface area contributed by atoms with Crippen LogP contribution in [-0.2, 0) is 12.8 Å². The van der Waals surface area contributed by atoms with Crippen molar-refractivity contribution in [2.75, 3.05) is 11.9 Å². The first-order chi connectivity index (χ1) is 15.1. The highest BCUT2D eigenvalue weighted by molar-refractivity contribution is 6.22. The maximum atomic E-state index is 12.8. The number of rotatable bonds is 6. The van der Waals surface area contributed by atoms with Gasteiger partial charge >= 0.3 is 0 Å². The van der Waals surface area contributed by atoms with Gasteiger partial charge in [-0.3, -0.25) is 19.3 Å². The number of amides is 3. The maximum Gasteiger partial charge on any atom is 0.261 e. The zero-order valence-corrected chi connectivity index (χ0v) is 16.7. The van der Waals surface area contributed by atoms with Crippen molar-refractivity contribution in [3.63, 3.8) is 0 Å². The molecule has 3 amide bonds. The second-order valence-electron chi connectivity index (χ2n) is 7.24. The number of carbonyl (C=O) groups excluding carboxylic acids is 3. The van der Waals surface area contributed by atoms with Gasteiger partial charge in [0.2, 0.25) is 0 Å². The van der Waals surface area contributed by atoms with Gasteiger partial charge in [-0.05, 0) is 47.9 Å². The standard InChI is InChI=1S/C25H19N3O3/c26-14-12-18-6-9-20(10-7-18)27-23(29)19-8-11-21-22(16-19)25(31)28(24(21)30)15-13-17-4-2-1-3-5-17/h1-11,16H,12-13,15H2,(H,27,29). The summed E-state index contributed by atoms with van der Waals surface area (Å²) < 4.78 is 0. The van der Waals surface area contributed by atoms with E-state index in [0.29, 0.717) is 29.7 Å². The number of hydrogen-bond acceptors (Lipinski definition) is 4. The molecule has 0 atom stereocenters. The fourth-order valence-electron chi connectivity index (χ4n) is 3.52. The van der Waals surface area contributed by atoms with Crippen LogP contribution in [-0.4, -0.2) is 29.2 Å². The maximum absolute atomic E-state index is 12.8. The molecule has 3 aromatic carbocycles. The SMILES string of the molecule is N#CCc1ccc(NC(=O)c2ccc3c(c2)C(=O)N(CCc2ccccc2)C3=O)cc1. The minimum atomic E-state index is -0.383. The van der Waals surface area contributed by atoms with Crippen LogP contribution >= 0.6 is 0 Å². The minimum Gasteiger partial charge on any atom is -0.322 e. The Morgan fingerprint density at radius 3 is 2.29 bits per heavy atom. The largest absolute Gasteiger partial charge is 0.322 e. The third-order valence-corrected chi connectivity index (χ3v) is 5.19. The van der Waals surface area contributed by atoms with Crippen LogP contribution in [0.1, 0.15) is 42.2 Å². The number of fused-ring (bicyclic) bond motifs is 1. The molecular weight excluding hydrogens is 390 g/mol. The van der Waals surface area contributed by atoms with Crippen molar-refractivity contribution < 1.29 is 14.4 Å². The van der Waals surface area contributed by atoms with E-state index in [1.54, 1.807) is 30.3 Å². The van der Waals surface area contributed by atoms with E-state index in [4.69, 9.17) is 5.26 Å². The predicted octanol–water partition coefficient (Wildman–Crippen LogP) is 3.84. The molecule has 4 rings (SSSR count). The lowest BCUT2D eigenvalue weighted by Gasteiger charge is -2.13. The highest BCUT2D eigenvalue weighted by Crippen LogP contribution is 2.25. The first-order valence-electron chi connectivity index (χ1n) is 9.88. The lowest BCUT2D eigenvalue weighted by atomic mass is 10.1. The van der Waals surface area contributed by atoms with Gasteiger partial charge in [0.1, 0.15) is 0 Å². The summed E-state index contributed by atoms with van der Waals surface area (Å²) in [4.78, 5) is 39.3. The van der Waals surface area contributed by atoms with E-state index in [1.807, 2.05) is 30.3 Å².